The molecule has 0 unspecified atom stereocenters. The molecule has 4 heteroatoms. The number of aryl methyl sites for hydroxylation is 1. The van der Waals surface area contributed by atoms with Gasteiger partial charge in [0.15, 0.2) is 0 Å². The Morgan fingerprint density at radius 1 is 1.00 bits per heavy atom. The van der Waals surface area contributed by atoms with E-state index in [4.69, 9.17) is 0 Å². The summed E-state index contributed by atoms with van der Waals surface area (Å²) in [6.07, 6.45) is 1.80. The molecule has 0 aliphatic rings. The van der Waals surface area contributed by atoms with Crippen molar-refractivity contribution in [2.24, 2.45) is 0 Å². The lowest BCUT2D eigenvalue weighted by molar-refractivity contribution is 0.662. The van der Waals surface area contributed by atoms with Crippen LogP contribution in [-0.4, -0.2) is 15.0 Å². The van der Waals surface area contributed by atoms with E-state index in [-0.39, 0.29) is 0 Å². The highest BCUT2D eigenvalue weighted by atomic mass is 15.5. The van der Waals surface area contributed by atoms with Crippen LogP contribution in [0.15, 0.2) is 60.8 Å². The van der Waals surface area contributed by atoms with Gasteiger partial charge in [-0.15, -0.1) is 0 Å². The third-order valence-electron chi connectivity index (χ3n) is 3.24. The maximum Gasteiger partial charge on any atom is 0.0969 e. The summed E-state index contributed by atoms with van der Waals surface area (Å²) in [6.45, 7) is 3.65. The molecule has 2 aromatic carbocycles. The highest BCUT2D eigenvalue weighted by Gasteiger charge is 2.02. The van der Waals surface area contributed by atoms with Gasteiger partial charge in [0.2, 0.25) is 0 Å². The summed E-state index contributed by atoms with van der Waals surface area (Å²) >= 11 is 0. The Labute approximate surface area is 124 Å². The highest BCUT2D eigenvalue weighted by Crippen LogP contribution is 2.05. The summed E-state index contributed by atoms with van der Waals surface area (Å²) in [5, 5.41) is 12.2. The molecule has 1 N–H and O–H groups in total. The van der Waals surface area contributed by atoms with Gasteiger partial charge in [0.1, 0.15) is 0 Å². The van der Waals surface area contributed by atoms with E-state index in [9.17, 15) is 0 Å². The van der Waals surface area contributed by atoms with E-state index in [1.807, 2.05) is 30.3 Å². The van der Waals surface area contributed by atoms with Crippen LogP contribution >= 0.6 is 0 Å². The SMILES string of the molecule is Cc1cccc(CNCc2cnn(-c3ccccc3)n2)c1. The fraction of sp³-hybridized carbons (Fsp3) is 0.176. The third kappa shape index (κ3) is 3.55. The molecular formula is C17H18N4. The lowest BCUT2D eigenvalue weighted by atomic mass is 10.1. The fourth-order valence-corrected chi connectivity index (χ4v) is 2.22. The number of para-hydroxylation sites is 1. The zero-order valence-electron chi connectivity index (χ0n) is 12.0. The van der Waals surface area contributed by atoms with Crippen molar-refractivity contribution in [3.8, 4) is 5.69 Å². The quantitative estimate of drug-likeness (QED) is 0.780. The lowest BCUT2D eigenvalue weighted by Gasteiger charge is -2.03. The first kappa shape index (κ1) is 13.5. The topological polar surface area (TPSA) is 42.7 Å². The van der Waals surface area contributed by atoms with Crippen molar-refractivity contribution in [3.63, 3.8) is 0 Å². The van der Waals surface area contributed by atoms with Crippen LogP contribution in [0.1, 0.15) is 16.8 Å². The van der Waals surface area contributed by atoms with Gasteiger partial charge < -0.3 is 5.32 Å². The van der Waals surface area contributed by atoms with Crippen LogP contribution in [-0.2, 0) is 13.1 Å². The predicted molar refractivity (Wildman–Crippen MR) is 83.1 cm³/mol. The second-order valence-corrected chi connectivity index (χ2v) is 5.05. The summed E-state index contributed by atoms with van der Waals surface area (Å²) in [5.74, 6) is 0. The maximum absolute atomic E-state index is 4.47. The summed E-state index contributed by atoms with van der Waals surface area (Å²) in [4.78, 5) is 1.66. The average molecular weight is 278 g/mol. The second-order valence-electron chi connectivity index (χ2n) is 5.05. The minimum absolute atomic E-state index is 0.709. The van der Waals surface area contributed by atoms with Crippen molar-refractivity contribution in [3.05, 3.63) is 77.6 Å². The Balaban J connectivity index is 1.58. The fourth-order valence-electron chi connectivity index (χ4n) is 2.22. The van der Waals surface area contributed by atoms with Gasteiger partial charge in [-0.05, 0) is 24.6 Å². The van der Waals surface area contributed by atoms with Crippen molar-refractivity contribution in [2.75, 3.05) is 0 Å². The number of hydrogen-bond acceptors (Lipinski definition) is 3. The first-order valence-electron chi connectivity index (χ1n) is 7.04. The first-order valence-corrected chi connectivity index (χ1v) is 7.04. The van der Waals surface area contributed by atoms with E-state index >= 15 is 0 Å². The number of rotatable bonds is 5. The van der Waals surface area contributed by atoms with Crippen LogP contribution in [0.2, 0.25) is 0 Å². The van der Waals surface area contributed by atoms with Crippen LogP contribution < -0.4 is 5.32 Å². The normalized spacial score (nSPS) is 10.7. The molecule has 0 aliphatic carbocycles. The molecule has 21 heavy (non-hydrogen) atoms. The molecule has 4 nitrogen and oxygen atoms in total. The molecule has 1 aromatic heterocycles. The van der Waals surface area contributed by atoms with Crippen LogP contribution in [0.5, 0.6) is 0 Å². The van der Waals surface area contributed by atoms with Crippen LogP contribution in [0.4, 0.5) is 0 Å². The van der Waals surface area contributed by atoms with Gasteiger partial charge in [-0.1, -0.05) is 48.0 Å². The smallest absolute Gasteiger partial charge is 0.0969 e. The van der Waals surface area contributed by atoms with E-state index in [0.29, 0.717) is 6.54 Å². The molecule has 0 saturated carbocycles. The van der Waals surface area contributed by atoms with E-state index < -0.39 is 0 Å². The van der Waals surface area contributed by atoms with E-state index in [2.05, 4.69) is 46.7 Å². The van der Waals surface area contributed by atoms with Crippen LogP contribution in [0, 0.1) is 6.92 Å². The Bertz CT molecular complexity index is 704. The van der Waals surface area contributed by atoms with E-state index in [1.54, 1.807) is 11.0 Å². The monoisotopic (exact) mass is 278 g/mol. The summed E-state index contributed by atoms with van der Waals surface area (Å²) < 4.78 is 0. The number of nitrogens with one attached hydrogen (secondary N) is 1. The molecule has 3 rings (SSSR count). The van der Waals surface area contributed by atoms with Gasteiger partial charge in [0.05, 0.1) is 17.6 Å². The zero-order valence-corrected chi connectivity index (χ0v) is 12.0. The van der Waals surface area contributed by atoms with Crippen LogP contribution in [0.3, 0.4) is 0 Å². The first-order chi connectivity index (χ1) is 10.3. The third-order valence-corrected chi connectivity index (χ3v) is 3.24. The van der Waals surface area contributed by atoms with E-state index in [0.717, 1.165) is 17.9 Å². The Kier molecular flexibility index (Phi) is 4.07. The Hall–Kier alpha value is -2.46. The Morgan fingerprint density at radius 3 is 2.67 bits per heavy atom. The molecule has 0 atom stereocenters. The van der Waals surface area contributed by atoms with Crippen molar-refractivity contribution in [1.82, 2.24) is 20.3 Å². The number of aromatic nitrogens is 3. The van der Waals surface area contributed by atoms with Crippen molar-refractivity contribution < 1.29 is 0 Å². The van der Waals surface area contributed by atoms with Gasteiger partial charge in [-0.2, -0.15) is 15.0 Å². The Morgan fingerprint density at radius 2 is 1.86 bits per heavy atom. The molecule has 0 fully saturated rings. The number of benzene rings is 2. The van der Waals surface area contributed by atoms with Crippen molar-refractivity contribution >= 4 is 0 Å². The van der Waals surface area contributed by atoms with Gasteiger partial charge in [-0.25, -0.2) is 0 Å². The molecular weight excluding hydrogens is 260 g/mol. The molecule has 0 spiro atoms. The molecule has 0 bridgehead atoms. The molecule has 0 aliphatic heterocycles. The largest absolute Gasteiger partial charge is 0.307 e. The molecule has 0 radical (unpaired) electrons. The summed E-state index contributed by atoms with van der Waals surface area (Å²) in [7, 11) is 0. The maximum atomic E-state index is 4.47. The molecule has 106 valence electrons. The lowest BCUT2D eigenvalue weighted by Crippen LogP contribution is -2.13. The average Bonchev–Trinajstić information content (AvgIpc) is 2.97. The molecule has 0 saturated heterocycles. The van der Waals surface area contributed by atoms with Crippen molar-refractivity contribution in [1.29, 1.82) is 0 Å². The van der Waals surface area contributed by atoms with Gasteiger partial charge in [-0.3, -0.25) is 0 Å². The zero-order chi connectivity index (χ0) is 14.5. The van der Waals surface area contributed by atoms with Crippen LogP contribution in [0.25, 0.3) is 5.69 Å². The van der Waals surface area contributed by atoms with Gasteiger partial charge >= 0.3 is 0 Å². The standard InChI is InChI=1S/C17H18N4/c1-14-6-5-7-15(10-14)11-18-12-16-13-19-21(20-16)17-8-3-2-4-9-17/h2-10,13,18H,11-12H2,1H3. The van der Waals surface area contributed by atoms with Crippen molar-refractivity contribution in [2.45, 2.75) is 20.0 Å². The van der Waals surface area contributed by atoms with E-state index in [1.165, 1.54) is 11.1 Å². The minimum atomic E-state index is 0.709. The minimum Gasteiger partial charge on any atom is -0.307 e. The number of nitrogens with zero attached hydrogens (tertiary/aromatic N) is 3. The van der Waals surface area contributed by atoms with Gasteiger partial charge in [0, 0.05) is 13.1 Å². The second kappa shape index (κ2) is 6.33. The highest BCUT2D eigenvalue weighted by molar-refractivity contribution is 5.28. The number of hydrogen-bond donors (Lipinski definition) is 1. The summed E-state index contributed by atoms with van der Waals surface area (Å²) in [5.41, 5.74) is 4.48. The molecule has 3 aromatic rings. The van der Waals surface area contributed by atoms with Gasteiger partial charge in [0.25, 0.3) is 0 Å². The predicted octanol–water partition coefficient (Wildman–Crippen LogP) is 2.87. The summed E-state index contributed by atoms with van der Waals surface area (Å²) in [6, 6.07) is 18.4. The molecule has 1 heterocycles. The molecule has 0 amide bonds.